The molecule has 0 bridgehead atoms. The third kappa shape index (κ3) is 6.72. The van der Waals surface area contributed by atoms with Crippen molar-refractivity contribution < 1.29 is 32.3 Å². The number of rotatable bonds is 7. The third-order valence-corrected chi connectivity index (χ3v) is 12.0. The molecule has 2 N–H and O–H groups in total. The lowest BCUT2D eigenvalue weighted by atomic mass is 9.93. The van der Waals surface area contributed by atoms with Crippen molar-refractivity contribution >= 4 is 38.6 Å². The first-order chi connectivity index (χ1) is 23.6. The summed E-state index contributed by atoms with van der Waals surface area (Å²) in [6.07, 6.45) is 7.47. The molecule has 0 unspecified atom stereocenters. The zero-order valence-corrected chi connectivity index (χ0v) is 28.4. The van der Waals surface area contributed by atoms with E-state index >= 15 is 0 Å². The van der Waals surface area contributed by atoms with Crippen LogP contribution < -0.4 is 19.5 Å². The Kier molecular flexibility index (Phi) is 8.80. The number of sulfonamides is 1. The number of amides is 3. The van der Waals surface area contributed by atoms with Gasteiger partial charge in [0.15, 0.2) is 5.82 Å². The van der Waals surface area contributed by atoms with Gasteiger partial charge in [-0.15, -0.1) is 0 Å². The molecule has 1 aromatic heterocycles. The standard InChI is InChI=1S/C36H41N5O7S/c1-41-17-9-4-3-8-12-23-21-36(23,35(44)40-49(45,46)26-14-15-26)39-32(42)28-18-25(19-29(28)34(41)43)48-33-27-16-13-24(47-2)20-30(27)37-31(38-33)22-10-6-5-7-11-22/h5-8,10-13,16,20,23,25-26,28-29H,3-4,9,14-15,17-19,21H2,1-2H3,(H,39,42)(H,40,44)/t23-,25-,28-,29-,36-/m1/s1. The fourth-order valence-corrected chi connectivity index (χ4v) is 8.43. The van der Waals surface area contributed by atoms with Gasteiger partial charge in [-0.3, -0.25) is 19.1 Å². The van der Waals surface area contributed by atoms with Gasteiger partial charge in [0.25, 0.3) is 5.91 Å². The van der Waals surface area contributed by atoms with Gasteiger partial charge in [-0.1, -0.05) is 42.5 Å². The first-order valence-corrected chi connectivity index (χ1v) is 18.5. The summed E-state index contributed by atoms with van der Waals surface area (Å²) < 4.78 is 39.7. The second kappa shape index (κ2) is 13.1. The fourth-order valence-electron chi connectivity index (χ4n) is 7.06. The molecule has 3 aromatic rings. The number of carbonyl (C=O) groups is 3. The molecule has 13 heteroatoms. The average Bonchev–Trinajstić information content (AvgIpc) is 4.02. The van der Waals surface area contributed by atoms with E-state index in [1.165, 1.54) is 0 Å². The van der Waals surface area contributed by atoms with Crippen LogP contribution in [0.1, 0.15) is 51.4 Å². The van der Waals surface area contributed by atoms with Crippen molar-refractivity contribution in [1.29, 1.82) is 0 Å². The quantitative estimate of drug-likeness (QED) is 0.353. The minimum atomic E-state index is -3.82. The van der Waals surface area contributed by atoms with Crippen LogP contribution in [0, 0.1) is 17.8 Å². The highest BCUT2D eigenvalue weighted by Gasteiger charge is 2.62. The first kappa shape index (κ1) is 33.0. The lowest BCUT2D eigenvalue weighted by Gasteiger charge is -2.26. The summed E-state index contributed by atoms with van der Waals surface area (Å²) >= 11 is 0. The van der Waals surface area contributed by atoms with E-state index in [0.717, 1.165) is 24.8 Å². The maximum absolute atomic E-state index is 14.2. The predicted octanol–water partition coefficient (Wildman–Crippen LogP) is 3.76. The first-order valence-electron chi connectivity index (χ1n) is 17.0. The fraction of sp³-hybridized carbons (Fsp3) is 0.472. The Labute approximate surface area is 285 Å². The summed E-state index contributed by atoms with van der Waals surface area (Å²) in [5, 5.41) is 3.01. The zero-order valence-electron chi connectivity index (χ0n) is 27.6. The molecule has 5 atom stereocenters. The molecule has 4 aliphatic rings. The van der Waals surface area contributed by atoms with Gasteiger partial charge in [-0.05, 0) is 63.5 Å². The molecule has 1 aliphatic heterocycles. The molecule has 3 fully saturated rings. The Bertz CT molecular complexity index is 1920. The van der Waals surface area contributed by atoms with Crippen molar-refractivity contribution in [3.63, 3.8) is 0 Å². The summed E-state index contributed by atoms with van der Waals surface area (Å²) in [5.41, 5.74) is 0.0216. The highest BCUT2D eigenvalue weighted by Crippen LogP contribution is 2.47. The zero-order chi connectivity index (χ0) is 34.3. The molecule has 3 amide bonds. The SMILES string of the molecule is COc1ccc2c(O[C@@H]3C[C@H]4C(=O)N[C@]5(C(=O)NS(=O)(=O)C6CC6)C[C@H]5C=CCCCCN(C)C(=O)[C@@H]4C3)nc(-c3ccccc3)nc2c1. The molecule has 49 heavy (non-hydrogen) atoms. The Morgan fingerprint density at radius 1 is 1.04 bits per heavy atom. The molecular formula is C36H41N5O7S. The Balaban J connectivity index is 1.19. The second-order valence-electron chi connectivity index (χ2n) is 13.7. The Hall–Kier alpha value is -4.52. The minimum Gasteiger partial charge on any atom is -0.497 e. The molecule has 7 rings (SSSR count). The van der Waals surface area contributed by atoms with E-state index in [0.29, 0.717) is 47.7 Å². The van der Waals surface area contributed by atoms with E-state index in [9.17, 15) is 22.8 Å². The number of aromatic nitrogens is 2. The molecule has 3 saturated carbocycles. The maximum atomic E-state index is 14.2. The highest BCUT2D eigenvalue weighted by molar-refractivity contribution is 7.91. The number of nitrogens with zero attached hydrogens (tertiary/aromatic N) is 3. The van der Waals surface area contributed by atoms with E-state index in [1.54, 1.807) is 25.1 Å². The molecule has 12 nitrogen and oxygen atoms in total. The van der Waals surface area contributed by atoms with Crippen molar-refractivity contribution in [2.24, 2.45) is 17.8 Å². The molecular weight excluding hydrogens is 646 g/mol. The highest BCUT2D eigenvalue weighted by atomic mass is 32.2. The topological polar surface area (TPSA) is 157 Å². The van der Waals surface area contributed by atoms with E-state index < -0.39 is 50.6 Å². The van der Waals surface area contributed by atoms with Crippen LogP contribution in [0.4, 0.5) is 0 Å². The van der Waals surface area contributed by atoms with Crippen LogP contribution in [0.25, 0.3) is 22.3 Å². The number of nitrogens with one attached hydrogen (secondary N) is 2. The molecule has 0 saturated heterocycles. The molecule has 0 spiro atoms. The van der Waals surface area contributed by atoms with Gasteiger partial charge in [0.1, 0.15) is 17.4 Å². The van der Waals surface area contributed by atoms with E-state index in [-0.39, 0.29) is 31.1 Å². The van der Waals surface area contributed by atoms with Gasteiger partial charge in [-0.25, -0.2) is 13.4 Å². The van der Waals surface area contributed by atoms with Crippen molar-refractivity contribution in [3.05, 3.63) is 60.7 Å². The molecule has 2 aromatic carbocycles. The Morgan fingerprint density at radius 3 is 2.57 bits per heavy atom. The van der Waals surface area contributed by atoms with Crippen molar-refractivity contribution in [2.45, 2.75) is 68.3 Å². The summed E-state index contributed by atoms with van der Waals surface area (Å²) in [6.45, 7) is 0.552. The van der Waals surface area contributed by atoms with Gasteiger partial charge in [-0.2, -0.15) is 4.98 Å². The van der Waals surface area contributed by atoms with Gasteiger partial charge < -0.3 is 19.7 Å². The molecule has 0 radical (unpaired) electrons. The van der Waals surface area contributed by atoms with Gasteiger partial charge in [0, 0.05) is 31.1 Å². The monoisotopic (exact) mass is 687 g/mol. The Morgan fingerprint density at radius 2 is 1.82 bits per heavy atom. The molecule has 2 heterocycles. The van der Waals surface area contributed by atoms with Crippen molar-refractivity contribution in [1.82, 2.24) is 24.9 Å². The number of carbonyl (C=O) groups excluding carboxylic acids is 3. The van der Waals surface area contributed by atoms with Crippen LogP contribution in [-0.2, 0) is 24.4 Å². The van der Waals surface area contributed by atoms with Gasteiger partial charge in [0.05, 0.1) is 35.1 Å². The normalized spacial score (nSPS) is 27.4. The van der Waals surface area contributed by atoms with Crippen LogP contribution in [0.15, 0.2) is 60.7 Å². The smallest absolute Gasteiger partial charge is 0.259 e. The molecule has 258 valence electrons. The minimum absolute atomic E-state index is 0.164. The van der Waals surface area contributed by atoms with E-state index in [2.05, 4.69) is 10.0 Å². The van der Waals surface area contributed by atoms with Crippen LogP contribution in [0.3, 0.4) is 0 Å². The van der Waals surface area contributed by atoms with E-state index in [4.69, 9.17) is 19.4 Å². The summed E-state index contributed by atoms with van der Waals surface area (Å²) in [4.78, 5) is 52.9. The van der Waals surface area contributed by atoms with Crippen molar-refractivity contribution in [2.75, 3.05) is 20.7 Å². The number of benzene rings is 2. The molecule has 3 aliphatic carbocycles. The van der Waals surface area contributed by atoms with Crippen LogP contribution in [0.2, 0.25) is 0 Å². The average molecular weight is 688 g/mol. The third-order valence-electron chi connectivity index (χ3n) is 10.2. The van der Waals surface area contributed by atoms with Crippen LogP contribution in [0.5, 0.6) is 11.6 Å². The van der Waals surface area contributed by atoms with Crippen LogP contribution >= 0.6 is 0 Å². The number of allylic oxidation sites excluding steroid dienone is 1. The van der Waals surface area contributed by atoms with E-state index in [1.807, 2.05) is 54.6 Å². The second-order valence-corrected chi connectivity index (χ2v) is 15.6. The summed E-state index contributed by atoms with van der Waals surface area (Å²) in [5.74, 6) is -1.79. The summed E-state index contributed by atoms with van der Waals surface area (Å²) in [6, 6.07) is 15.0. The summed E-state index contributed by atoms with van der Waals surface area (Å²) in [7, 11) is -0.492. The van der Waals surface area contributed by atoms with Gasteiger partial charge >= 0.3 is 0 Å². The maximum Gasteiger partial charge on any atom is 0.259 e. The number of hydrogen-bond acceptors (Lipinski definition) is 9. The van der Waals surface area contributed by atoms with Gasteiger partial charge in [0.2, 0.25) is 27.7 Å². The lowest BCUT2D eigenvalue weighted by molar-refractivity contribution is -0.140. The number of hydrogen-bond donors (Lipinski definition) is 2. The largest absolute Gasteiger partial charge is 0.497 e. The predicted molar refractivity (Wildman–Crippen MR) is 182 cm³/mol. The number of fused-ring (bicyclic) bond motifs is 3. The lowest BCUT2D eigenvalue weighted by Crippen LogP contribution is -2.54. The number of methoxy groups -OCH3 is 1. The number of ether oxygens (including phenoxy) is 2. The van der Waals surface area contributed by atoms with Crippen molar-refractivity contribution in [3.8, 4) is 23.0 Å². The van der Waals surface area contributed by atoms with Crippen LogP contribution in [-0.4, -0.2) is 78.6 Å².